The minimum Gasteiger partial charge on any atom is -0.497 e. The Morgan fingerprint density at radius 3 is 2.84 bits per heavy atom. The molecule has 6 heteroatoms. The molecule has 0 spiro atoms. The molecule has 0 atom stereocenters. The molecule has 1 aromatic carbocycles. The second kappa shape index (κ2) is 9.67. The van der Waals surface area contributed by atoms with Gasteiger partial charge in [-0.05, 0) is 17.7 Å². The number of hydrogen-bond donors (Lipinski definition) is 2. The molecular weight excluding hydrogens is 285 g/mol. The van der Waals surface area contributed by atoms with Crippen LogP contribution in [-0.4, -0.2) is 23.6 Å². The van der Waals surface area contributed by atoms with Crippen LogP contribution in [0.2, 0.25) is 0 Å². The highest BCUT2D eigenvalue weighted by Crippen LogP contribution is 2.11. The number of H-pyrrole nitrogens is 1. The van der Waals surface area contributed by atoms with Gasteiger partial charge in [-0.1, -0.05) is 12.1 Å². The summed E-state index contributed by atoms with van der Waals surface area (Å²) >= 11 is 0. The maximum Gasteiger partial charge on any atom is 0.119 e. The van der Waals surface area contributed by atoms with E-state index in [1.807, 2.05) is 24.4 Å². The van der Waals surface area contributed by atoms with Crippen LogP contribution in [0, 0.1) is 0 Å². The predicted molar refractivity (Wildman–Crippen MR) is 81.5 cm³/mol. The second-order valence-electron chi connectivity index (χ2n) is 3.86. The molecule has 0 radical (unpaired) electrons. The molecule has 4 nitrogen and oxygen atoms in total. The van der Waals surface area contributed by atoms with Crippen molar-refractivity contribution in [2.24, 2.45) is 0 Å². The van der Waals surface area contributed by atoms with E-state index < -0.39 is 0 Å². The van der Waals surface area contributed by atoms with Crippen LogP contribution in [0.5, 0.6) is 5.75 Å². The van der Waals surface area contributed by atoms with Crippen LogP contribution in [0.4, 0.5) is 0 Å². The van der Waals surface area contributed by atoms with Crippen LogP contribution in [0.1, 0.15) is 11.3 Å². The largest absolute Gasteiger partial charge is 0.497 e. The van der Waals surface area contributed by atoms with Crippen molar-refractivity contribution in [3.8, 4) is 5.75 Å². The van der Waals surface area contributed by atoms with Gasteiger partial charge >= 0.3 is 0 Å². The number of halogens is 2. The number of aromatic amines is 1. The van der Waals surface area contributed by atoms with Crippen LogP contribution >= 0.6 is 24.8 Å². The van der Waals surface area contributed by atoms with E-state index in [-0.39, 0.29) is 24.8 Å². The van der Waals surface area contributed by atoms with Crippen molar-refractivity contribution in [3.05, 3.63) is 48.0 Å². The molecule has 106 valence electrons. The predicted octanol–water partition coefficient (Wildman–Crippen LogP) is 2.59. The molecule has 19 heavy (non-hydrogen) atoms. The van der Waals surface area contributed by atoms with E-state index in [0.717, 1.165) is 31.0 Å². The molecule has 0 amide bonds. The molecule has 0 saturated heterocycles. The van der Waals surface area contributed by atoms with Crippen LogP contribution in [0.15, 0.2) is 36.8 Å². The van der Waals surface area contributed by atoms with Gasteiger partial charge in [-0.3, -0.25) is 0 Å². The zero-order valence-corrected chi connectivity index (χ0v) is 12.4. The monoisotopic (exact) mass is 303 g/mol. The van der Waals surface area contributed by atoms with Crippen LogP contribution in [0.3, 0.4) is 0 Å². The lowest BCUT2D eigenvalue weighted by Crippen LogP contribution is -2.16. The molecule has 0 bridgehead atoms. The summed E-state index contributed by atoms with van der Waals surface area (Å²) in [6.45, 7) is 1.78. The smallest absolute Gasteiger partial charge is 0.119 e. The van der Waals surface area contributed by atoms with E-state index in [4.69, 9.17) is 4.74 Å². The van der Waals surface area contributed by atoms with E-state index in [9.17, 15) is 0 Å². The molecule has 2 N–H and O–H groups in total. The molecule has 0 fully saturated rings. The zero-order valence-electron chi connectivity index (χ0n) is 10.8. The fourth-order valence-electron chi connectivity index (χ4n) is 1.66. The van der Waals surface area contributed by atoms with E-state index in [1.165, 1.54) is 5.56 Å². The first-order valence-corrected chi connectivity index (χ1v) is 5.69. The highest BCUT2D eigenvalue weighted by Gasteiger charge is 1.96. The number of nitrogens with one attached hydrogen (secondary N) is 2. The Kier molecular flexibility index (Phi) is 9.04. The second-order valence-corrected chi connectivity index (χ2v) is 3.86. The van der Waals surface area contributed by atoms with Gasteiger partial charge in [-0.15, -0.1) is 24.8 Å². The van der Waals surface area contributed by atoms with Gasteiger partial charge in [0.05, 0.1) is 13.4 Å². The van der Waals surface area contributed by atoms with Crippen molar-refractivity contribution in [2.45, 2.75) is 13.0 Å². The first-order valence-electron chi connectivity index (χ1n) is 5.69. The minimum absolute atomic E-state index is 0. The molecule has 0 aliphatic rings. The SMILES string of the molecule is COc1cccc(CNCCc2cnc[nH]2)c1.Cl.Cl. The number of hydrogen-bond acceptors (Lipinski definition) is 3. The first-order chi connectivity index (χ1) is 8.38. The number of ether oxygens (including phenoxy) is 1. The number of aromatic nitrogens is 2. The van der Waals surface area contributed by atoms with Crippen molar-refractivity contribution in [1.29, 1.82) is 0 Å². The van der Waals surface area contributed by atoms with Crippen molar-refractivity contribution in [1.82, 2.24) is 15.3 Å². The highest BCUT2D eigenvalue weighted by atomic mass is 35.5. The summed E-state index contributed by atoms with van der Waals surface area (Å²) in [5.41, 5.74) is 2.39. The number of nitrogens with zero attached hydrogens (tertiary/aromatic N) is 1. The first kappa shape index (κ1) is 17.8. The fraction of sp³-hybridized carbons (Fsp3) is 0.308. The third kappa shape index (κ3) is 5.96. The van der Waals surface area contributed by atoms with Crippen molar-refractivity contribution < 1.29 is 4.74 Å². The van der Waals surface area contributed by atoms with Gasteiger partial charge in [-0.2, -0.15) is 0 Å². The maximum absolute atomic E-state index is 5.18. The average Bonchev–Trinajstić information content (AvgIpc) is 2.88. The third-order valence-electron chi connectivity index (χ3n) is 2.59. The number of methoxy groups -OCH3 is 1. The van der Waals surface area contributed by atoms with E-state index in [1.54, 1.807) is 13.4 Å². The van der Waals surface area contributed by atoms with Gasteiger partial charge in [-0.25, -0.2) is 4.98 Å². The summed E-state index contributed by atoms with van der Waals surface area (Å²) in [6, 6.07) is 8.09. The lowest BCUT2D eigenvalue weighted by molar-refractivity contribution is 0.414. The number of benzene rings is 1. The van der Waals surface area contributed by atoms with Gasteiger partial charge in [0, 0.05) is 31.4 Å². The lowest BCUT2D eigenvalue weighted by Gasteiger charge is -2.06. The molecule has 1 aromatic heterocycles. The molecule has 0 aliphatic heterocycles. The van der Waals surface area contributed by atoms with Gasteiger partial charge in [0.25, 0.3) is 0 Å². The van der Waals surface area contributed by atoms with Gasteiger partial charge in [0.2, 0.25) is 0 Å². The Labute approximate surface area is 125 Å². The molecule has 0 saturated carbocycles. The van der Waals surface area contributed by atoms with Gasteiger partial charge in [0.15, 0.2) is 0 Å². The summed E-state index contributed by atoms with van der Waals surface area (Å²) < 4.78 is 5.18. The van der Waals surface area contributed by atoms with Crippen molar-refractivity contribution in [2.75, 3.05) is 13.7 Å². The molecule has 0 aliphatic carbocycles. The van der Waals surface area contributed by atoms with E-state index in [0.29, 0.717) is 0 Å². The zero-order chi connectivity index (χ0) is 11.9. The van der Waals surface area contributed by atoms with Gasteiger partial charge in [0.1, 0.15) is 5.75 Å². The Morgan fingerprint density at radius 2 is 2.16 bits per heavy atom. The van der Waals surface area contributed by atoms with Crippen molar-refractivity contribution >= 4 is 24.8 Å². The van der Waals surface area contributed by atoms with E-state index >= 15 is 0 Å². The third-order valence-corrected chi connectivity index (χ3v) is 2.59. The van der Waals surface area contributed by atoms with Gasteiger partial charge < -0.3 is 15.0 Å². The average molecular weight is 304 g/mol. The number of imidazole rings is 1. The molecular formula is C13H19Cl2N3O. The fourth-order valence-corrected chi connectivity index (χ4v) is 1.66. The number of rotatable bonds is 6. The quantitative estimate of drug-likeness (QED) is 0.807. The van der Waals surface area contributed by atoms with Crippen LogP contribution in [0.25, 0.3) is 0 Å². The normalized spacial score (nSPS) is 9.32. The molecule has 2 aromatic rings. The Balaban J connectivity index is 0.00000162. The van der Waals surface area contributed by atoms with Crippen LogP contribution in [-0.2, 0) is 13.0 Å². The Morgan fingerprint density at radius 1 is 1.32 bits per heavy atom. The minimum atomic E-state index is 0. The van der Waals surface area contributed by atoms with Crippen LogP contribution < -0.4 is 10.1 Å². The Bertz CT molecular complexity index is 449. The molecule has 2 rings (SSSR count). The maximum atomic E-state index is 5.18. The summed E-state index contributed by atoms with van der Waals surface area (Å²) in [5, 5.41) is 3.39. The lowest BCUT2D eigenvalue weighted by atomic mass is 10.2. The standard InChI is InChI=1S/C13H17N3O.2ClH/c1-17-13-4-2-3-11(7-13)8-14-6-5-12-9-15-10-16-12;;/h2-4,7,9-10,14H,5-6,8H2,1H3,(H,15,16);2*1H. The molecule has 1 heterocycles. The summed E-state index contributed by atoms with van der Waals surface area (Å²) in [6.07, 6.45) is 4.52. The Hall–Kier alpha value is -1.23. The summed E-state index contributed by atoms with van der Waals surface area (Å²) in [5.74, 6) is 0.901. The summed E-state index contributed by atoms with van der Waals surface area (Å²) in [7, 11) is 1.69. The molecule has 0 unspecified atom stereocenters. The topological polar surface area (TPSA) is 49.9 Å². The highest BCUT2D eigenvalue weighted by molar-refractivity contribution is 5.85. The summed E-state index contributed by atoms with van der Waals surface area (Å²) in [4.78, 5) is 7.06. The van der Waals surface area contributed by atoms with Crippen molar-refractivity contribution in [3.63, 3.8) is 0 Å². The van der Waals surface area contributed by atoms with E-state index in [2.05, 4.69) is 21.4 Å².